The number of ether oxygens (including phenoxy) is 1. The van der Waals surface area contributed by atoms with Crippen molar-refractivity contribution in [3.63, 3.8) is 0 Å². The topological polar surface area (TPSA) is 22.1 Å². The Hall–Kier alpha value is -1.87. The summed E-state index contributed by atoms with van der Waals surface area (Å²) in [6.45, 7) is 2.33. The van der Waals surface area contributed by atoms with Crippen LogP contribution in [-0.4, -0.2) is 4.98 Å². The highest BCUT2D eigenvalue weighted by Crippen LogP contribution is 2.40. The molecule has 24 heavy (non-hydrogen) atoms. The maximum absolute atomic E-state index is 5.92. The van der Waals surface area contributed by atoms with Crippen molar-refractivity contribution in [1.29, 1.82) is 0 Å². The Morgan fingerprint density at radius 2 is 1.92 bits per heavy atom. The second-order valence-corrected chi connectivity index (χ2v) is 7.73. The van der Waals surface area contributed by atoms with Crippen LogP contribution in [0.15, 0.2) is 48.5 Å². The Kier molecular flexibility index (Phi) is 4.52. The second-order valence-electron chi connectivity index (χ2n) is 6.74. The van der Waals surface area contributed by atoms with E-state index in [0.717, 1.165) is 27.8 Å². The first-order chi connectivity index (χ1) is 11.8. The van der Waals surface area contributed by atoms with Gasteiger partial charge in [-0.3, -0.25) is 0 Å². The number of hydrogen-bond donors (Lipinski definition) is 0. The third-order valence-electron chi connectivity index (χ3n) is 5.02. The number of fused-ring (bicyclic) bond motifs is 1. The number of benzene rings is 2. The van der Waals surface area contributed by atoms with E-state index in [4.69, 9.17) is 4.74 Å². The van der Waals surface area contributed by atoms with Crippen LogP contribution in [-0.2, 0) is 6.42 Å². The van der Waals surface area contributed by atoms with Gasteiger partial charge in [-0.2, -0.15) is 0 Å². The highest BCUT2D eigenvalue weighted by molar-refractivity contribution is 7.20. The monoisotopic (exact) mass is 337 g/mol. The molecule has 1 aromatic heterocycles. The zero-order chi connectivity index (χ0) is 16.4. The highest BCUT2D eigenvalue weighted by Gasteiger charge is 2.29. The number of nitrogens with zero attached hydrogens (tertiary/aromatic N) is 1. The molecule has 1 fully saturated rings. The van der Waals surface area contributed by atoms with Gasteiger partial charge in [0.25, 0.3) is 5.19 Å². The van der Waals surface area contributed by atoms with Crippen LogP contribution in [0.5, 0.6) is 10.9 Å². The molecule has 124 valence electrons. The first kappa shape index (κ1) is 15.6. The van der Waals surface area contributed by atoms with Crippen molar-refractivity contribution in [3.05, 3.63) is 54.1 Å². The third kappa shape index (κ3) is 3.62. The fourth-order valence-electron chi connectivity index (χ4n) is 3.41. The van der Waals surface area contributed by atoms with Gasteiger partial charge in [-0.1, -0.05) is 48.9 Å². The first-order valence-corrected chi connectivity index (χ1v) is 9.76. The van der Waals surface area contributed by atoms with Gasteiger partial charge in [0.2, 0.25) is 0 Å². The van der Waals surface area contributed by atoms with Crippen molar-refractivity contribution in [3.8, 4) is 10.9 Å². The number of aromatic nitrogens is 1. The van der Waals surface area contributed by atoms with Gasteiger partial charge in [0.15, 0.2) is 0 Å². The van der Waals surface area contributed by atoms with Gasteiger partial charge in [-0.05, 0) is 67.3 Å². The van der Waals surface area contributed by atoms with Crippen molar-refractivity contribution in [1.82, 2.24) is 4.98 Å². The molecule has 0 radical (unpaired) electrons. The lowest BCUT2D eigenvalue weighted by atomic mass is 9.93. The molecule has 0 aliphatic heterocycles. The molecule has 1 heterocycles. The lowest BCUT2D eigenvalue weighted by molar-refractivity contribution is 0.415. The van der Waals surface area contributed by atoms with E-state index in [9.17, 15) is 0 Å². The Bertz CT molecular complexity index is 771. The van der Waals surface area contributed by atoms with E-state index >= 15 is 0 Å². The molecule has 4 rings (SSSR count). The normalized spacial score (nSPS) is 15.5. The predicted molar refractivity (Wildman–Crippen MR) is 101 cm³/mol. The number of rotatable bonds is 7. The summed E-state index contributed by atoms with van der Waals surface area (Å²) in [5.41, 5.74) is 2.41. The standard InChI is InChI=1S/C21H23NOS/c1-2-16(17-11-12-17)10-7-15-8-13-18(14-9-15)23-21-22-19-5-3-4-6-20(19)24-21/h3-6,8-9,13-14,16-17H,2,7,10-12H2,1H3. The van der Waals surface area contributed by atoms with E-state index in [1.165, 1.54) is 37.7 Å². The predicted octanol–water partition coefficient (Wildman–Crippen LogP) is 6.46. The summed E-state index contributed by atoms with van der Waals surface area (Å²) < 4.78 is 7.08. The van der Waals surface area contributed by atoms with E-state index in [1.54, 1.807) is 11.3 Å². The molecule has 1 atom stereocenters. The lowest BCUT2D eigenvalue weighted by Crippen LogP contribution is -2.03. The van der Waals surface area contributed by atoms with E-state index < -0.39 is 0 Å². The van der Waals surface area contributed by atoms with Crippen LogP contribution in [0.1, 0.15) is 38.2 Å². The number of para-hydroxylation sites is 1. The third-order valence-corrected chi connectivity index (χ3v) is 5.93. The smallest absolute Gasteiger partial charge is 0.279 e. The van der Waals surface area contributed by atoms with Gasteiger partial charge in [0.1, 0.15) is 5.75 Å². The summed E-state index contributed by atoms with van der Waals surface area (Å²) in [4.78, 5) is 4.52. The Morgan fingerprint density at radius 3 is 2.62 bits per heavy atom. The summed E-state index contributed by atoms with van der Waals surface area (Å²) in [6, 6.07) is 16.7. The van der Waals surface area contributed by atoms with E-state index in [1.807, 2.05) is 18.2 Å². The quantitative estimate of drug-likeness (QED) is 0.494. The molecule has 1 unspecified atom stereocenters. The molecular weight excluding hydrogens is 314 g/mol. The van der Waals surface area contributed by atoms with Crippen LogP contribution < -0.4 is 4.74 Å². The molecule has 0 N–H and O–H groups in total. The molecule has 1 aliphatic rings. The second kappa shape index (κ2) is 6.94. The summed E-state index contributed by atoms with van der Waals surface area (Å²) in [7, 11) is 0. The zero-order valence-corrected chi connectivity index (χ0v) is 14.9. The lowest BCUT2D eigenvalue weighted by Gasteiger charge is -2.13. The van der Waals surface area contributed by atoms with Crippen molar-refractivity contribution >= 4 is 21.6 Å². The molecule has 3 heteroatoms. The van der Waals surface area contributed by atoms with Crippen LogP contribution in [0.3, 0.4) is 0 Å². The van der Waals surface area contributed by atoms with Crippen LogP contribution in [0.2, 0.25) is 0 Å². The van der Waals surface area contributed by atoms with Gasteiger partial charge >= 0.3 is 0 Å². The Balaban J connectivity index is 1.38. The van der Waals surface area contributed by atoms with E-state index in [2.05, 4.69) is 42.2 Å². The molecule has 2 aromatic carbocycles. The van der Waals surface area contributed by atoms with Crippen molar-refractivity contribution in [2.24, 2.45) is 11.8 Å². The minimum absolute atomic E-state index is 0.712. The molecule has 0 spiro atoms. The molecule has 0 bridgehead atoms. The van der Waals surface area contributed by atoms with Crippen molar-refractivity contribution in [2.75, 3.05) is 0 Å². The molecule has 0 saturated heterocycles. The Labute approximate surface area is 147 Å². The largest absolute Gasteiger partial charge is 0.431 e. The summed E-state index contributed by atoms with van der Waals surface area (Å²) >= 11 is 1.59. The van der Waals surface area contributed by atoms with Gasteiger partial charge in [-0.15, -0.1) is 0 Å². The highest BCUT2D eigenvalue weighted by atomic mass is 32.1. The SMILES string of the molecule is CCC(CCc1ccc(Oc2nc3ccccc3s2)cc1)C1CC1. The molecule has 3 aromatic rings. The van der Waals surface area contributed by atoms with Gasteiger partial charge in [-0.25, -0.2) is 4.98 Å². The van der Waals surface area contributed by atoms with Crippen LogP contribution >= 0.6 is 11.3 Å². The van der Waals surface area contributed by atoms with Gasteiger partial charge < -0.3 is 4.74 Å². The fourth-order valence-corrected chi connectivity index (χ4v) is 4.25. The van der Waals surface area contributed by atoms with Crippen molar-refractivity contribution < 1.29 is 4.74 Å². The van der Waals surface area contributed by atoms with Gasteiger partial charge in [0.05, 0.1) is 10.2 Å². The van der Waals surface area contributed by atoms with Crippen LogP contribution in [0.4, 0.5) is 0 Å². The van der Waals surface area contributed by atoms with E-state index in [-0.39, 0.29) is 0 Å². The average molecular weight is 337 g/mol. The molecule has 1 saturated carbocycles. The van der Waals surface area contributed by atoms with Crippen LogP contribution in [0.25, 0.3) is 10.2 Å². The maximum Gasteiger partial charge on any atom is 0.279 e. The minimum Gasteiger partial charge on any atom is -0.431 e. The average Bonchev–Trinajstić information content (AvgIpc) is 3.36. The Morgan fingerprint density at radius 1 is 1.12 bits per heavy atom. The van der Waals surface area contributed by atoms with Crippen molar-refractivity contribution in [2.45, 2.75) is 39.0 Å². The minimum atomic E-state index is 0.712. The molecule has 0 amide bonds. The zero-order valence-electron chi connectivity index (χ0n) is 14.1. The fraction of sp³-hybridized carbons (Fsp3) is 0.381. The number of hydrogen-bond acceptors (Lipinski definition) is 3. The summed E-state index contributed by atoms with van der Waals surface area (Å²) in [5, 5.41) is 0.712. The molecule has 2 nitrogen and oxygen atoms in total. The first-order valence-electron chi connectivity index (χ1n) is 8.94. The van der Waals surface area contributed by atoms with Gasteiger partial charge in [0, 0.05) is 0 Å². The maximum atomic E-state index is 5.92. The van der Waals surface area contributed by atoms with Crippen LogP contribution in [0, 0.1) is 11.8 Å². The molecule has 1 aliphatic carbocycles. The summed E-state index contributed by atoms with van der Waals surface area (Å²) in [5.74, 6) is 2.80. The summed E-state index contributed by atoms with van der Waals surface area (Å²) in [6.07, 6.45) is 6.72. The van der Waals surface area contributed by atoms with E-state index in [0.29, 0.717) is 5.19 Å². The number of thiazole rings is 1. The molecular formula is C21H23NOS. The number of aryl methyl sites for hydroxylation is 1.